The van der Waals surface area contributed by atoms with Crippen LogP contribution in [0.15, 0.2) is 71.7 Å². The standard InChI is InChI=1S/C31H28Cl2F3N4O3/c1-2-43-25-17-20(31(34,35)36)10-15-23(25)29-38-26(18-6-11-21(32)12-7-18)27(19-8-13-22(33)14-9-19)40(29)30(42)39-16-4-3-5-24(39)28(37)41/h3,6-15,17,24,26-27H,2,4-5,16H2,1H3,(H2,37,41). The number of amidine groups is 1. The average molecular weight is 632 g/mol. The lowest BCUT2D eigenvalue weighted by molar-refractivity contribution is -0.137. The molecule has 0 aromatic heterocycles. The molecular formula is C31H28Cl2F3N4O3. The molecule has 2 heterocycles. The lowest BCUT2D eigenvalue weighted by Gasteiger charge is -2.39. The van der Waals surface area contributed by atoms with Crippen molar-refractivity contribution in [3.63, 3.8) is 0 Å². The molecule has 3 amide bonds. The highest BCUT2D eigenvalue weighted by molar-refractivity contribution is 6.30. The van der Waals surface area contributed by atoms with Crippen LogP contribution in [0.3, 0.4) is 0 Å². The van der Waals surface area contributed by atoms with E-state index in [1.807, 2.05) is 6.42 Å². The number of piperidine rings is 1. The van der Waals surface area contributed by atoms with E-state index in [0.717, 1.165) is 12.1 Å². The molecule has 1 fully saturated rings. The smallest absolute Gasteiger partial charge is 0.416 e. The summed E-state index contributed by atoms with van der Waals surface area (Å²) in [6, 6.07) is 14.0. The first-order valence-electron chi connectivity index (χ1n) is 13.6. The van der Waals surface area contributed by atoms with Crippen molar-refractivity contribution in [3.8, 4) is 5.75 Å². The zero-order valence-corrected chi connectivity index (χ0v) is 24.5. The van der Waals surface area contributed by atoms with Crippen molar-refractivity contribution in [2.24, 2.45) is 10.7 Å². The molecule has 225 valence electrons. The van der Waals surface area contributed by atoms with Crippen LogP contribution < -0.4 is 10.5 Å². The van der Waals surface area contributed by atoms with Gasteiger partial charge in [-0.05, 0) is 79.8 Å². The Kier molecular flexibility index (Phi) is 8.89. The van der Waals surface area contributed by atoms with Crippen LogP contribution in [0.1, 0.15) is 54.1 Å². The fourth-order valence-electron chi connectivity index (χ4n) is 5.44. The molecule has 0 aliphatic carbocycles. The number of amides is 3. The van der Waals surface area contributed by atoms with Gasteiger partial charge in [-0.1, -0.05) is 47.5 Å². The molecule has 3 aromatic rings. The molecule has 2 N–H and O–H groups in total. The summed E-state index contributed by atoms with van der Waals surface area (Å²) in [4.78, 5) is 34.8. The zero-order valence-electron chi connectivity index (χ0n) is 23.0. The number of hydrogen-bond donors (Lipinski definition) is 1. The van der Waals surface area contributed by atoms with Crippen LogP contribution >= 0.6 is 23.2 Å². The van der Waals surface area contributed by atoms with Crippen LogP contribution in [0, 0.1) is 6.42 Å². The summed E-state index contributed by atoms with van der Waals surface area (Å²) in [6.45, 7) is 1.95. The van der Waals surface area contributed by atoms with Gasteiger partial charge in [-0.25, -0.2) is 4.79 Å². The molecule has 1 radical (unpaired) electrons. The molecule has 12 heteroatoms. The average Bonchev–Trinajstić information content (AvgIpc) is 3.37. The second-order valence-corrected chi connectivity index (χ2v) is 11.0. The van der Waals surface area contributed by atoms with E-state index < -0.39 is 41.8 Å². The number of nitrogens with two attached hydrogens (primary N) is 1. The first-order chi connectivity index (χ1) is 20.5. The van der Waals surface area contributed by atoms with Gasteiger partial charge in [0.25, 0.3) is 0 Å². The minimum absolute atomic E-state index is 0.0719. The second kappa shape index (κ2) is 12.5. The Labute approximate surface area is 257 Å². The quantitative estimate of drug-likeness (QED) is 0.311. The maximum absolute atomic E-state index is 14.6. The third-order valence-electron chi connectivity index (χ3n) is 7.46. The van der Waals surface area contributed by atoms with E-state index in [9.17, 15) is 22.8 Å². The van der Waals surface area contributed by atoms with Crippen LogP contribution in [-0.4, -0.2) is 46.8 Å². The number of halogens is 5. The minimum atomic E-state index is -4.62. The summed E-state index contributed by atoms with van der Waals surface area (Å²) in [6.07, 6.45) is -1.91. The Morgan fingerprint density at radius 2 is 1.63 bits per heavy atom. The molecule has 2 aliphatic rings. The summed E-state index contributed by atoms with van der Waals surface area (Å²) in [5.74, 6) is -0.650. The molecular weight excluding hydrogens is 604 g/mol. The van der Waals surface area contributed by atoms with Crippen molar-refractivity contribution in [3.05, 3.63) is 105 Å². The summed E-state index contributed by atoms with van der Waals surface area (Å²) < 4.78 is 46.8. The number of primary amides is 1. The lowest BCUT2D eigenvalue weighted by Crippen LogP contribution is -2.56. The van der Waals surface area contributed by atoms with E-state index in [4.69, 9.17) is 38.7 Å². The van der Waals surface area contributed by atoms with Gasteiger partial charge in [0.2, 0.25) is 5.91 Å². The molecule has 3 aromatic carbocycles. The van der Waals surface area contributed by atoms with Crippen LogP contribution in [0.5, 0.6) is 5.75 Å². The van der Waals surface area contributed by atoms with Crippen molar-refractivity contribution in [2.45, 2.75) is 44.1 Å². The van der Waals surface area contributed by atoms with Gasteiger partial charge in [0, 0.05) is 16.6 Å². The third-order valence-corrected chi connectivity index (χ3v) is 7.96. The van der Waals surface area contributed by atoms with E-state index in [1.54, 1.807) is 55.5 Å². The van der Waals surface area contributed by atoms with Gasteiger partial charge in [-0.2, -0.15) is 13.2 Å². The fourth-order valence-corrected chi connectivity index (χ4v) is 5.69. The predicted octanol–water partition coefficient (Wildman–Crippen LogP) is 7.23. The number of nitrogens with zero attached hydrogens (tertiary/aromatic N) is 3. The van der Waals surface area contributed by atoms with Gasteiger partial charge >= 0.3 is 12.2 Å². The monoisotopic (exact) mass is 631 g/mol. The van der Waals surface area contributed by atoms with Crippen LogP contribution in [0.4, 0.5) is 18.0 Å². The first kappa shape index (κ1) is 30.7. The third kappa shape index (κ3) is 6.31. The normalized spacial score (nSPS) is 20.6. The highest BCUT2D eigenvalue weighted by atomic mass is 35.5. The zero-order chi connectivity index (χ0) is 30.9. The van der Waals surface area contributed by atoms with E-state index in [1.165, 1.54) is 15.9 Å². The number of likely N-dealkylation sites (tertiary alicyclic amines) is 1. The van der Waals surface area contributed by atoms with Crippen LogP contribution in [0.2, 0.25) is 10.0 Å². The SMILES string of the molecule is CCOc1cc(C(F)(F)F)ccc1C1=NC(c2ccc(Cl)cc2)C(c2ccc(Cl)cc2)N1C(=O)N1CC[CH]CC1C(N)=O. The number of urea groups is 1. The number of rotatable bonds is 6. The lowest BCUT2D eigenvalue weighted by atomic mass is 9.93. The summed E-state index contributed by atoms with van der Waals surface area (Å²) in [5.41, 5.74) is 6.37. The molecule has 7 nitrogen and oxygen atoms in total. The number of benzene rings is 3. The number of ether oxygens (including phenoxy) is 1. The number of alkyl halides is 3. The van der Waals surface area contributed by atoms with Gasteiger partial charge in [0.1, 0.15) is 23.7 Å². The maximum Gasteiger partial charge on any atom is 0.416 e. The highest BCUT2D eigenvalue weighted by Gasteiger charge is 2.46. The van der Waals surface area contributed by atoms with Gasteiger partial charge in [0.15, 0.2) is 0 Å². The summed E-state index contributed by atoms with van der Waals surface area (Å²) >= 11 is 12.4. The van der Waals surface area contributed by atoms with Crippen LogP contribution in [0.25, 0.3) is 0 Å². The first-order valence-corrected chi connectivity index (χ1v) is 14.4. The Hall–Kier alpha value is -3.76. The van der Waals surface area contributed by atoms with Crippen LogP contribution in [-0.2, 0) is 11.0 Å². The second-order valence-electron chi connectivity index (χ2n) is 10.2. The molecule has 5 rings (SSSR count). The van der Waals surface area contributed by atoms with E-state index >= 15 is 0 Å². The van der Waals surface area contributed by atoms with Crippen molar-refractivity contribution in [2.75, 3.05) is 13.2 Å². The van der Waals surface area contributed by atoms with Gasteiger partial charge in [-0.15, -0.1) is 0 Å². The Morgan fingerprint density at radius 1 is 1.00 bits per heavy atom. The molecule has 3 atom stereocenters. The largest absolute Gasteiger partial charge is 0.493 e. The Morgan fingerprint density at radius 3 is 2.21 bits per heavy atom. The van der Waals surface area contributed by atoms with Gasteiger partial charge in [0.05, 0.1) is 23.8 Å². The topological polar surface area (TPSA) is 88.2 Å². The fraction of sp³-hybridized carbons (Fsp3) is 0.290. The number of hydrogen-bond acceptors (Lipinski definition) is 4. The minimum Gasteiger partial charge on any atom is -0.493 e. The summed E-state index contributed by atoms with van der Waals surface area (Å²) in [7, 11) is 0. The number of aliphatic imine (C=N–C) groups is 1. The van der Waals surface area contributed by atoms with Crippen molar-refractivity contribution in [1.29, 1.82) is 0 Å². The van der Waals surface area contributed by atoms with Crippen molar-refractivity contribution in [1.82, 2.24) is 9.80 Å². The Bertz CT molecular complexity index is 1530. The summed E-state index contributed by atoms with van der Waals surface area (Å²) in [5, 5.41) is 0.975. The molecule has 2 aliphatic heterocycles. The van der Waals surface area contributed by atoms with E-state index in [2.05, 4.69) is 0 Å². The van der Waals surface area contributed by atoms with E-state index in [-0.39, 0.29) is 36.7 Å². The van der Waals surface area contributed by atoms with Gasteiger partial charge in [-0.3, -0.25) is 14.7 Å². The van der Waals surface area contributed by atoms with Crippen molar-refractivity contribution < 1.29 is 27.5 Å². The molecule has 0 saturated carbocycles. The predicted molar refractivity (Wildman–Crippen MR) is 158 cm³/mol. The van der Waals surface area contributed by atoms with Gasteiger partial charge < -0.3 is 15.4 Å². The number of carbonyl (C=O) groups is 2. The maximum atomic E-state index is 14.6. The molecule has 3 unspecified atom stereocenters. The molecule has 43 heavy (non-hydrogen) atoms. The van der Waals surface area contributed by atoms with E-state index in [0.29, 0.717) is 27.6 Å². The van der Waals surface area contributed by atoms with Crippen molar-refractivity contribution >= 4 is 41.0 Å². The Balaban J connectivity index is 1.73. The highest BCUT2D eigenvalue weighted by Crippen LogP contribution is 2.46. The molecule has 1 saturated heterocycles. The molecule has 0 spiro atoms. The molecule has 0 bridgehead atoms. The number of carbonyl (C=O) groups excluding carboxylic acids is 2.